The highest BCUT2D eigenvalue weighted by Gasteiger charge is 1.96. The molecule has 0 heterocycles. The summed E-state index contributed by atoms with van der Waals surface area (Å²) in [6.07, 6.45) is 33.0. The molecule has 0 rings (SSSR count). The fraction of sp³-hybridized carbons (Fsp3) is 1.00. The predicted octanol–water partition coefficient (Wildman–Crippen LogP) is 10.1. The van der Waals surface area contributed by atoms with Crippen molar-refractivity contribution in [2.24, 2.45) is 0 Å². The molecule has 0 aliphatic rings. The van der Waals surface area contributed by atoms with Crippen LogP contribution >= 0.6 is 0 Å². The third kappa shape index (κ3) is 28.2. The minimum atomic E-state index is 0.752. The largest absolute Gasteiger partial charge is 0.417 e. The van der Waals surface area contributed by atoms with Gasteiger partial charge in [0.2, 0.25) is 9.76 Å². The van der Waals surface area contributed by atoms with E-state index in [9.17, 15) is 0 Å². The Morgan fingerprint density at radius 2 is 0.690 bits per heavy atom. The molecular formula is C27H56OSi. The van der Waals surface area contributed by atoms with Crippen molar-refractivity contribution < 1.29 is 4.43 Å². The summed E-state index contributed by atoms with van der Waals surface area (Å²) in [5.74, 6) is 0. The molecule has 0 saturated heterocycles. The predicted molar refractivity (Wildman–Crippen MR) is 134 cm³/mol. The minimum Gasteiger partial charge on any atom is -0.417 e. The second-order valence-electron chi connectivity index (χ2n) is 9.17. The van der Waals surface area contributed by atoms with E-state index in [1.165, 1.54) is 154 Å². The second kappa shape index (κ2) is 28.2. The zero-order valence-corrected chi connectivity index (χ0v) is 21.6. The Kier molecular flexibility index (Phi) is 28.3. The van der Waals surface area contributed by atoms with Gasteiger partial charge in [0.1, 0.15) is 0 Å². The molecule has 0 aromatic heterocycles. The molecule has 0 spiro atoms. The highest BCUT2D eigenvalue weighted by molar-refractivity contribution is 6.26. The molecule has 0 bridgehead atoms. The van der Waals surface area contributed by atoms with Crippen LogP contribution in [0.2, 0.25) is 6.04 Å². The van der Waals surface area contributed by atoms with Crippen LogP contribution in [0.3, 0.4) is 0 Å². The molecule has 0 aliphatic carbocycles. The highest BCUT2D eigenvalue weighted by Crippen LogP contribution is 2.14. The van der Waals surface area contributed by atoms with E-state index < -0.39 is 0 Å². The second-order valence-corrected chi connectivity index (χ2v) is 10.2. The van der Waals surface area contributed by atoms with Crippen LogP contribution in [0.1, 0.15) is 162 Å². The van der Waals surface area contributed by atoms with E-state index in [1.54, 1.807) is 0 Å². The van der Waals surface area contributed by atoms with E-state index in [1.807, 2.05) is 0 Å². The van der Waals surface area contributed by atoms with E-state index in [4.69, 9.17) is 4.43 Å². The summed E-state index contributed by atoms with van der Waals surface area (Å²) in [6, 6.07) is 1.28. The minimum absolute atomic E-state index is 0.752. The molecule has 0 atom stereocenters. The first kappa shape index (κ1) is 29.2. The van der Waals surface area contributed by atoms with E-state index in [-0.39, 0.29) is 0 Å². The third-order valence-corrected chi connectivity index (χ3v) is 7.05. The molecular weight excluding hydrogens is 368 g/mol. The van der Waals surface area contributed by atoms with E-state index in [0.29, 0.717) is 0 Å². The van der Waals surface area contributed by atoms with Gasteiger partial charge in [0.15, 0.2) is 0 Å². The van der Waals surface area contributed by atoms with E-state index in [2.05, 4.69) is 13.8 Å². The van der Waals surface area contributed by atoms with Crippen molar-refractivity contribution in [2.75, 3.05) is 6.61 Å². The summed E-state index contributed by atoms with van der Waals surface area (Å²) in [5.41, 5.74) is 0. The van der Waals surface area contributed by atoms with Gasteiger partial charge in [-0.15, -0.1) is 0 Å². The lowest BCUT2D eigenvalue weighted by Crippen LogP contribution is -2.00. The van der Waals surface area contributed by atoms with Crippen LogP contribution in [0.25, 0.3) is 0 Å². The monoisotopic (exact) mass is 424 g/mol. The molecule has 0 N–H and O–H groups in total. The van der Waals surface area contributed by atoms with Crippen molar-refractivity contribution >= 4 is 9.76 Å². The number of hydrogen-bond donors (Lipinski definition) is 0. The van der Waals surface area contributed by atoms with Gasteiger partial charge < -0.3 is 4.43 Å². The quantitative estimate of drug-likeness (QED) is 0.0990. The molecule has 0 saturated carbocycles. The van der Waals surface area contributed by atoms with Crippen molar-refractivity contribution in [3.63, 3.8) is 0 Å². The Morgan fingerprint density at radius 1 is 0.379 bits per heavy atom. The van der Waals surface area contributed by atoms with Gasteiger partial charge in [-0.05, 0) is 12.5 Å². The molecule has 0 amide bonds. The summed E-state index contributed by atoms with van der Waals surface area (Å²) in [5, 5.41) is 0. The summed E-state index contributed by atoms with van der Waals surface area (Å²) in [7, 11) is 0.752. The first-order chi connectivity index (χ1) is 14.4. The molecule has 0 aromatic rings. The first-order valence-electron chi connectivity index (χ1n) is 13.8. The van der Waals surface area contributed by atoms with Crippen molar-refractivity contribution in [1.82, 2.24) is 0 Å². The van der Waals surface area contributed by atoms with Gasteiger partial charge in [-0.2, -0.15) is 0 Å². The smallest absolute Gasteiger partial charge is 0.229 e. The maximum Gasteiger partial charge on any atom is 0.229 e. The molecule has 29 heavy (non-hydrogen) atoms. The average molecular weight is 425 g/mol. The Hall–Kier alpha value is 0.177. The molecule has 2 heteroatoms. The first-order valence-corrected chi connectivity index (χ1v) is 14.9. The van der Waals surface area contributed by atoms with Crippen LogP contribution in [-0.4, -0.2) is 16.4 Å². The third-order valence-electron chi connectivity index (χ3n) is 6.08. The Labute approximate surface area is 188 Å². The van der Waals surface area contributed by atoms with Crippen LogP contribution in [0, 0.1) is 0 Å². The lowest BCUT2D eigenvalue weighted by Gasteiger charge is -2.04. The fourth-order valence-electron chi connectivity index (χ4n) is 4.02. The fourth-order valence-corrected chi connectivity index (χ4v) is 4.85. The number of unbranched alkanes of at least 4 members (excludes halogenated alkanes) is 21. The van der Waals surface area contributed by atoms with Crippen LogP contribution < -0.4 is 0 Å². The molecule has 174 valence electrons. The van der Waals surface area contributed by atoms with Gasteiger partial charge in [-0.25, -0.2) is 0 Å². The van der Waals surface area contributed by atoms with Crippen molar-refractivity contribution in [1.29, 1.82) is 0 Å². The van der Waals surface area contributed by atoms with Crippen LogP contribution in [0.4, 0.5) is 0 Å². The van der Waals surface area contributed by atoms with Crippen LogP contribution in [-0.2, 0) is 4.43 Å². The zero-order chi connectivity index (χ0) is 21.1. The highest BCUT2D eigenvalue weighted by atomic mass is 28.2. The Balaban J connectivity index is 2.97. The summed E-state index contributed by atoms with van der Waals surface area (Å²) in [4.78, 5) is 0. The van der Waals surface area contributed by atoms with E-state index in [0.717, 1.165) is 16.4 Å². The van der Waals surface area contributed by atoms with Gasteiger partial charge in [-0.1, -0.05) is 155 Å². The lowest BCUT2D eigenvalue weighted by molar-refractivity contribution is 0.319. The van der Waals surface area contributed by atoms with Gasteiger partial charge in [-0.3, -0.25) is 0 Å². The van der Waals surface area contributed by atoms with Gasteiger partial charge in [0, 0.05) is 6.61 Å². The number of hydrogen-bond acceptors (Lipinski definition) is 1. The van der Waals surface area contributed by atoms with Crippen LogP contribution in [0.5, 0.6) is 0 Å². The Bertz CT molecular complexity index is 243. The van der Waals surface area contributed by atoms with Gasteiger partial charge in [0.25, 0.3) is 0 Å². The van der Waals surface area contributed by atoms with Crippen molar-refractivity contribution in [3.05, 3.63) is 0 Å². The average Bonchev–Trinajstić information content (AvgIpc) is 2.74. The topological polar surface area (TPSA) is 9.23 Å². The van der Waals surface area contributed by atoms with Crippen LogP contribution in [0.15, 0.2) is 0 Å². The maximum atomic E-state index is 5.74. The summed E-state index contributed by atoms with van der Waals surface area (Å²) in [6.45, 7) is 5.57. The zero-order valence-electron chi connectivity index (χ0n) is 20.6. The van der Waals surface area contributed by atoms with Crippen molar-refractivity contribution in [2.45, 2.75) is 168 Å². The molecule has 0 fully saturated rings. The molecule has 1 nitrogen and oxygen atoms in total. The van der Waals surface area contributed by atoms with Gasteiger partial charge >= 0.3 is 0 Å². The molecule has 2 radical (unpaired) electrons. The standard InChI is InChI=1S/C27H56OSi/c1-3-5-7-8-9-10-11-12-13-14-15-16-17-18-19-20-21-22-23-24-26-28-29-27-25-6-4-2/h3-27H2,1-2H3. The molecule has 0 aromatic carbocycles. The maximum absolute atomic E-state index is 5.74. The van der Waals surface area contributed by atoms with Crippen molar-refractivity contribution in [3.8, 4) is 0 Å². The Morgan fingerprint density at radius 3 is 1.07 bits per heavy atom. The molecule has 0 aliphatic heterocycles. The molecule has 0 unspecified atom stereocenters. The number of rotatable bonds is 26. The summed E-state index contributed by atoms with van der Waals surface area (Å²) < 4.78 is 5.74. The summed E-state index contributed by atoms with van der Waals surface area (Å²) >= 11 is 0. The lowest BCUT2D eigenvalue weighted by atomic mass is 10.0. The normalized spacial score (nSPS) is 11.4. The van der Waals surface area contributed by atoms with Gasteiger partial charge in [0.05, 0.1) is 0 Å². The SMILES string of the molecule is CCCCCCCCCCCCCCCCCCCCCCO[Si]CCCCC. The van der Waals surface area contributed by atoms with E-state index >= 15 is 0 Å².